The monoisotopic (exact) mass is 493 g/mol. The van der Waals surface area contributed by atoms with Gasteiger partial charge >= 0.3 is 0 Å². The number of halogens is 2. The van der Waals surface area contributed by atoms with E-state index in [0.717, 1.165) is 13.1 Å². The second kappa shape index (κ2) is 10.9. The van der Waals surface area contributed by atoms with Crippen LogP contribution in [0.5, 0.6) is 0 Å². The summed E-state index contributed by atoms with van der Waals surface area (Å²) in [5.41, 5.74) is 0. The van der Waals surface area contributed by atoms with Gasteiger partial charge in [0.1, 0.15) is 10.9 Å². The van der Waals surface area contributed by atoms with Crippen LogP contribution in [0.15, 0.2) is 23.1 Å². The smallest absolute Gasteiger partial charge is 0.242 e. The van der Waals surface area contributed by atoms with Crippen LogP contribution in [0.2, 0.25) is 10.0 Å². The molecule has 1 aliphatic heterocycles. The Kier molecular flexibility index (Phi) is 8.75. The van der Waals surface area contributed by atoms with Gasteiger partial charge in [0.25, 0.3) is 0 Å². The molecule has 0 aromatic heterocycles. The van der Waals surface area contributed by atoms with Gasteiger partial charge in [-0.15, -0.1) is 0 Å². The van der Waals surface area contributed by atoms with Gasteiger partial charge < -0.3 is 4.90 Å². The van der Waals surface area contributed by atoms with Crippen molar-refractivity contribution in [3.8, 4) is 0 Å². The lowest BCUT2D eigenvalue weighted by Gasteiger charge is -2.39. The number of hydrogen-bond donors (Lipinski definition) is 1. The molecule has 2 fully saturated rings. The molecule has 0 bridgehead atoms. The fourth-order valence-corrected chi connectivity index (χ4v) is 6.66. The summed E-state index contributed by atoms with van der Waals surface area (Å²) in [5.74, 6) is 0.501. The summed E-state index contributed by atoms with van der Waals surface area (Å²) in [4.78, 5) is 17.4. The summed E-state index contributed by atoms with van der Waals surface area (Å²) in [5, 5.41) is 0.350. The Morgan fingerprint density at radius 3 is 2.50 bits per heavy atom. The summed E-state index contributed by atoms with van der Waals surface area (Å²) in [6.07, 6.45) is 7.41. The van der Waals surface area contributed by atoms with Crippen molar-refractivity contribution < 1.29 is 13.2 Å². The van der Waals surface area contributed by atoms with Crippen molar-refractivity contribution in [2.75, 3.05) is 38.2 Å². The number of piperazine rings is 1. The number of nitrogens with zero attached hydrogens (tertiary/aromatic N) is 2. The minimum Gasteiger partial charge on any atom is -0.339 e. The van der Waals surface area contributed by atoms with E-state index in [4.69, 9.17) is 23.2 Å². The predicted octanol–water partition coefficient (Wildman–Crippen LogP) is 3.48. The number of hydrogen-bond acceptors (Lipinski definition) is 5. The van der Waals surface area contributed by atoms with Crippen molar-refractivity contribution >= 4 is 50.9 Å². The molecule has 1 unspecified atom stereocenters. The van der Waals surface area contributed by atoms with Crippen molar-refractivity contribution in [2.24, 2.45) is 0 Å². The first kappa shape index (κ1) is 24.1. The number of thioether (sulfide) groups is 1. The molecule has 2 aliphatic rings. The summed E-state index contributed by atoms with van der Waals surface area (Å²) in [7, 11) is -3.98. The van der Waals surface area contributed by atoms with Gasteiger partial charge in [0.15, 0.2) is 0 Å². The minimum absolute atomic E-state index is 0.0770. The van der Waals surface area contributed by atoms with E-state index in [9.17, 15) is 13.2 Å². The first-order chi connectivity index (χ1) is 14.3. The molecule has 0 spiro atoms. The van der Waals surface area contributed by atoms with Crippen molar-refractivity contribution in [3.05, 3.63) is 28.2 Å². The predicted molar refractivity (Wildman–Crippen MR) is 124 cm³/mol. The molecule has 1 atom stereocenters. The fraction of sp³-hybridized carbons (Fsp3) is 0.650. The van der Waals surface area contributed by atoms with Gasteiger partial charge in [-0.05, 0) is 49.5 Å². The van der Waals surface area contributed by atoms with E-state index in [2.05, 4.69) is 9.62 Å². The molecule has 168 valence electrons. The Labute approximate surface area is 193 Å². The molecule has 10 heteroatoms. The summed E-state index contributed by atoms with van der Waals surface area (Å²) in [6, 6.07) is 4.10. The fourth-order valence-electron chi connectivity index (χ4n) is 4.20. The quantitative estimate of drug-likeness (QED) is 0.600. The molecule has 3 rings (SSSR count). The molecular formula is C20H29Cl2N3O3S2. The summed E-state index contributed by atoms with van der Waals surface area (Å²) < 4.78 is 28.5. The van der Waals surface area contributed by atoms with Crippen LogP contribution < -0.4 is 4.72 Å². The highest BCUT2D eigenvalue weighted by Crippen LogP contribution is 2.26. The molecule has 0 radical (unpaired) electrons. The zero-order valence-corrected chi connectivity index (χ0v) is 20.3. The summed E-state index contributed by atoms with van der Waals surface area (Å²) >= 11 is 13.6. The Morgan fingerprint density at radius 2 is 1.87 bits per heavy atom. The van der Waals surface area contributed by atoms with Gasteiger partial charge in [-0.25, -0.2) is 8.42 Å². The number of benzene rings is 1. The van der Waals surface area contributed by atoms with E-state index in [-0.39, 0.29) is 20.8 Å². The molecule has 1 aromatic rings. The van der Waals surface area contributed by atoms with Gasteiger partial charge in [0.2, 0.25) is 15.9 Å². The van der Waals surface area contributed by atoms with Crippen molar-refractivity contribution in [3.63, 3.8) is 0 Å². The normalized spacial score (nSPS) is 19.9. The van der Waals surface area contributed by atoms with Crippen LogP contribution in [0.4, 0.5) is 0 Å². The lowest BCUT2D eigenvalue weighted by Crippen LogP contribution is -2.56. The van der Waals surface area contributed by atoms with E-state index in [1.165, 1.54) is 43.9 Å². The van der Waals surface area contributed by atoms with Gasteiger partial charge in [-0.3, -0.25) is 9.69 Å². The maximum absolute atomic E-state index is 13.2. The third-order valence-electron chi connectivity index (χ3n) is 5.86. The first-order valence-corrected chi connectivity index (χ1v) is 13.9. The highest BCUT2D eigenvalue weighted by atomic mass is 35.5. The molecule has 1 N–H and O–H groups in total. The molecule has 6 nitrogen and oxygen atoms in total. The SMILES string of the molecule is CSCCC(NS(=O)(=O)c1cc(Cl)ccc1Cl)C(=O)N1CCN(C2CCCC2)CC1. The van der Waals surface area contributed by atoms with Crippen LogP contribution in [0.25, 0.3) is 0 Å². The Morgan fingerprint density at radius 1 is 1.20 bits per heavy atom. The Bertz CT molecular complexity index is 840. The summed E-state index contributed by atoms with van der Waals surface area (Å²) in [6.45, 7) is 2.95. The van der Waals surface area contributed by atoms with E-state index < -0.39 is 16.1 Å². The molecular weight excluding hydrogens is 465 g/mol. The van der Waals surface area contributed by atoms with E-state index in [1.54, 1.807) is 16.7 Å². The third-order valence-corrected chi connectivity index (χ3v) is 8.69. The number of nitrogens with one attached hydrogen (secondary N) is 1. The Balaban J connectivity index is 1.69. The van der Waals surface area contributed by atoms with Crippen LogP contribution in [0.3, 0.4) is 0 Å². The second-order valence-electron chi connectivity index (χ2n) is 7.83. The molecule has 1 aromatic carbocycles. The Hall–Kier alpha value is -0.510. The van der Waals surface area contributed by atoms with Gasteiger partial charge in [-0.2, -0.15) is 16.5 Å². The lowest BCUT2D eigenvalue weighted by molar-refractivity contribution is -0.135. The van der Waals surface area contributed by atoms with E-state index in [0.29, 0.717) is 31.3 Å². The lowest BCUT2D eigenvalue weighted by atomic mass is 10.1. The number of rotatable bonds is 8. The zero-order chi connectivity index (χ0) is 21.7. The van der Waals surface area contributed by atoms with E-state index in [1.807, 2.05) is 6.26 Å². The molecule has 1 saturated heterocycles. The average Bonchev–Trinajstić information content (AvgIpc) is 3.27. The second-order valence-corrected chi connectivity index (χ2v) is 11.3. The topological polar surface area (TPSA) is 69.7 Å². The van der Waals surface area contributed by atoms with Crippen molar-refractivity contribution in [1.29, 1.82) is 0 Å². The third kappa shape index (κ3) is 6.04. The highest BCUT2D eigenvalue weighted by Gasteiger charge is 2.33. The number of sulfonamides is 1. The molecule has 1 aliphatic carbocycles. The van der Waals surface area contributed by atoms with Crippen LogP contribution >= 0.6 is 35.0 Å². The van der Waals surface area contributed by atoms with E-state index >= 15 is 0 Å². The maximum atomic E-state index is 13.2. The standard InChI is InChI=1S/C20H29Cl2N3O3S2/c1-29-13-8-18(23-30(27,28)19-14-15(21)6-7-17(19)22)20(26)25-11-9-24(10-12-25)16-4-2-3-5-16/h6-7,14,16,18,23H,2-5,8-13H2,1H3. The van der Waals surface area contributed by atoms with Crippen LogP contribution in [0.1, 0.15) is 32.1 Å². The minimum atomic E-state index is -3.98. The van der Waals surface area contributed by atoms with Crippen molar-refractivity contribution in [2.45, 2.75) is 49.1 Å². The molecule has 1 saturated carbocycles. The number of amides is 1. The molecule has 1 heterocycles. The number of carbonyl (C=O) groups is 1. The van der Waals surface area contributed by atoms with Crippen LogP contribution in [-0.2, 0) is 14.8 Å². The van der Waals surface area contributed by atoms with Crippen LogP contribution in [-0.4, -0.2) is 74.4 Å². The average molecular weight is 495 g/mol. The molecule has 30 heavy (non-hydrogen) atoms. The molecule has 1 amide bonds. The van der Waals surface area contributed by atoms with Gasteiger partial charge in [0.05, 0.1) is 5.02 Å². The highest BCUT2D eigenvalue weighted by molar-refractivity contribution is 7.98. The van der Waals surface area contributed by atoms with Gasteiger partial charge in [-0.1, -0.05) is 36.0 Å². The maximum Gasteiger partial charge on any atom is 0.242 e. The van der Waals surface area contributed by atoms with Gasteiger partial charge in [0, 0.05) is 37.2 Å². The number of carbonyl (C=O) groups excluding carboxylic acids is 1. The zero-order valence-electron chi connectivity index (χ0n) is 17.1. The van der Waals surface area contributed by atoms with Crippen molar-refractivity contribution in [1.82, 2.24) is 14.5 Å². The largest absolute Gasteiger partial charge is 0.339 e. The first-order valence-electron chi connectivity index (χ1n) is 10.3. The van der Waals surface area contributed by atoms with Crippen LogP contribution in [0, 0.1) is 0 Å².